The maximum atomic E-state index is 14.1. The van der Waals surface area contributed by atoms with Gasteiger partial charge in [0.15, 0.2) is 0 Å². The molecule has 0 amide bonds. The van der Waals surface area contributed by atoms with Crippen LogP contribution in [-0.4, -0.2) is 20.2 Å². The van der Waals surface area contributed by atoms with Crippen molar-refractivity contribution < 1.29 is 14.3 Å². The molecule has 2 aromatic rings. The van der Waals surface area contributed by atoms with Gasteiger partial charge in [-0.15, -0.1) is 0 Å². The highest BCUT2D eigenvalue weighted by molar-refractivity contribution is 6.33. The second kappa shape index (κ2) is 5.70. The van der Waals surface area contributed by atoms with E-state index >= 15 is 0 Å². The van der Waals surface area contributed by atoms with Crippen LogP contribution in [0.2, 0.25) is 5.02 Å². The van der Waals surface area contributed by atoms with Gasteiger partial charge in [0, 0.05) is 12.7 Å². The van der Waals surface area contributed by atoms with Gasteiger partial charge in [-0.3, -0.25) is 9.36 Å². The lowest BCUT2D eigenvalue weighted by molar-refractivity contribution is 0.0697. The second-order valence-corrected chi connectivity index (χ2v) is 5.05. The van der Waals surface area contributed by atoms with E-state index in [1.807, 2.05) is 0 Å². The summed E-state index contributed by atoms with van der Waals surface area (Å²) in [6.07, 6.45) is 0. The van der Waals surface area contributed by atoms with E-state index in [1.165, 1.54) is 14.0 Å². The molecule has 1 N–H and O–H groups in total. The van der Waals surface area contributed by atoms with E-state index in [0.29, 0.717) is 10.6 Å². The number of nitrogens with zero attached hydrogens (tertiary/aromatic N) is 3. The molecule has 0 saturated carbocycles. The van der Waals surface area contributed by atoms with Gasteiger partial charge in [-0.25, -0.2) is 18.5 Å². The van der Waals surface area contributed by atoms with Crippen molar-refractivity contribution in [1.29, 1.82) is 5.26 Å². The molecule has 1 aromatic carbocycles. The third kappa shape index (κ3) is 2.51. The molecule has 0 fully saturated rings. The first kappa shape index (κ1) is 16.5. The van der Waals surface area contributed by atoms with Crippen molar-refractivity contribution in [2.45, 2.75) is 6.92 Å². The average Bonchev–Trinajstić information content (AvgIpc) is 2.47. The van der Waals surface area contributed by atoms with Crippen LogP contribution < -0.4 is 11.2 Å². The van der Waals surface area contributed by atoms with Crippen LogP contribution in [0.15, 0.2) is 21.7 Å². The number of hydrogen-bond donors (Lipinski definition) is 1. The van der Waals surface area contributed by atoms with Gasteiger partial charge in [-0.05, 0) is 19.1 Å². The highest BCUT2D eigenvalue weighted by atomic mass is 35.5. The number of hydrogen-bond acceptors (Lipinski definition) is 4. The summed E-state index contributed by atoms with van der Waals surface area (Å²) in [5.41, 5.74) is -3.25. The zero-order valence-electron chi connectivity index (χ0n) is 11.9. The maximum Gasteiger partial charge on any atom is 0.337 e. The summed E-state index contributed by atoms with van der Waals surface area (Å²) in [6.45, 7) is 1.40. The Hall–Kier alpha value is -2.92. The highest BCUT2D eigenvalue weighted by Crippen LogP contribution is 2.22. The third-order valence-corrected chi connectivity index (χ3v) is 3.69. The Morgan fingerprint density at radius 1 is 1.39 bits per heavy atom. The first-order valence-electron chi connectivity index (χ1n) is 6.16. The highest BCUT2D eigenvalue weighted by Gasteiger charge is 2.21. The van der Waals surface area contributed by atoms with Gasteiger partial charge in [0.25, 0.3) is 5.56 Å². The van der Waals surface area contributed by atoms with Crippen LogP contribution in [0.4, 0.5) is 4.39 Å². The molecule has 0 atom stereocenters. The Labute approximate surface area is 133 Å². The second-order valence-electron chi connectivity index (χ2n) is 4.64. The van der Waals surface area contributed by atoms with Crippen molar-refractivity contribution in [1.82, 2.24) is 9.13 Å². The smallest absolute Gasteiger partial charge is 0.337 e. The Kier molecular flexibility index (Phi) is 4.08. The largest absolute Gasteiger partial charge is 0.478 e. The van der Waals surface area contributed by atoms with E-state index in [-0.39, 0.29) is 16.3 Å². The molecule has 1 aromatic heterocycles. The quantitative estimate of drug-likeness (QED) is 0.886. The zero-order chi connectivity index (χ0) is 17.5. The fourth-order valence-electron chi connectivity index (χ4n) is 2.03. The molecule has 0 aliphatic rings. The Balaban J connectivity index is 3.00. The molecular weight excluding hydrogens is 329 g/mol. The van der Waals surface area contributed by atoms with Crippen LogP contribution >= 0.6 is 11.6 Å². The van der Waals surface area contributed by atoms with Crippen LogP contribution in [0.25, 0.3) is 5.69 Å². The zero-order valence-corrected chi connectivity index (χ0v) is 12.7. The summed E-state index contributed by atoms with van der Waals surface area (Å²) < 4.78 is 15.5. The summed E-state index contributed by atoms with van der Waals surface area (Å²) >= 11 is 5.63. The number of aromatic carboxylic acids is 1. The molecule has 0 spiro atoms. The van der Waals surface area contributed by atoms with Crippen LogP contribution in [-0.2, 0) is 7.05 Å². The molecule has 23 heavy (non-hydrogen) atoms. The fourth-order valence-corrected chi connectivity index (χ4v) is 2.26. The molecule has 0 aliphatic heterocycles. The monoisotopic (exact) mass is 337 g/mol. The minimum atomic E-state index is -1.45. The topological polar surface area (TPSA) is 105 Å². The van der Waals surface area contributed by atoms with Crippen LogP contribution in [0.1, 0.15) is 21.6 Å². The number of rotatable bonds is 2. The minimum Gasteiger partial charge on any atom is -0.478 e. The lowest BCUT2D eigenvalue weighted by Crippen LogP contribution is -2.41. The lowest BCUT2D eigenvalue weighted by Gasteiger charge is -2.12. The number of carbonyl (C=O) groups is 1. The lowest BCUT2D eigenvalue weighted by atomic mass is 10.1. The van der Waals surface area contributed by atoms with Crippen molar-refractivity contribution in [2.75, 3.05) is 0 Å². The average molecular weight is 338 g/mol. The van der Waals surface area contributed by atoms with E-state index in [0.717, 1.165) is 10.6 Å². The molecule has 0 radical (unpaired) electrons. The van der Waals surface area contributed by atoms with Crippen molar-refractivity contribution in [3.05, 3.63) is 60.6 Å². The predicted molar refractivity (Wildman–Crippen MR) is 78.7 cm³/mol. The number of carboxylic acids is 1. The van der Waals surface area contributed by atoms with E-state index < -0.39 is 34.3 Å². The molecule has 2 rings (SSSR count). The fraction of sp³-hybridized carbons (Fsp3) is 0.143. The molecule has 1 heterocycles. The normalized spacial score (nSPS) is 10.4. The summed E-state index contributed by atoms with van der Waals surface area (Å²) in [5, 5.41) is 17.7. The van der Waals surface area contributed by atoms with Crippen molar-refractivity contribution in [2.24, 2.45) is 7.05 Å². The first-order valence-corrected chi connectivity index (χ1v) is 6.54. The van der Waals surface area contributed by atoms with Crippen molar-refractivity contribution in [3.8, 4) is 11.8 Å². The van der Waals surface area contributed by atoms with Crippen molar-refractivity contribution in [3.63, 3.8) is 0 Å². The summed E-state index contributed by atoms with van der Waals surface area (Å²) in [4.78, 5) is 35.7. The van der Waals surface area contributed by atoms with Gasteiger partial charge in [0.05, 0.1) is 16.3 Å². The summed E-state index contributed by atoms with van der Waals surface area (Å²) in [6, 6.07) is 3.12. The number of nitriles is 1. The van der Waals surface area contributed by atoms with Gasteiger partial charge >= 0.3 is 11.7 Å². The van der Waals surface area contributed by atoms with E-state index in [4.69, 9.17) is 22.0 Å². The van der Waals surface area contributed by atoms with Crippen LogP contribution in [0, 0.1) is 24.1 Å². The predicted octanol–water partition coefficient (Wildman–Crippen LogP) is 1.21. The van der Waals surface area contributed by atoms with Gasteiger partial charge in [0.1, 0.15) is 17.4 Å². The molecule has 9 heteroatoms. The summed E-state index contributed by atoms with van der Waals surface area (Å²) in [5.74, 6) is -2.51. The van der Waals surface area contributed by atoms with Gasteiger partial charge in [-0.1, -0.05) is 11.6 Å². The Bertz CT molecular complexity index is 1000. The number of halogens is 2. The Morgan fingerprint density at radius 3 is 2.52 bits per heavy atom. The number of aromatic nitrogens is 2. The van der Waals surface area contributed by atoms with Gasteiger partial charge < -0.3 is 5.11 Å². The van der Waals surface area contributed by atoms with Crippen LogP contribution in [0.5, 0.6) is 0 Å². The SMILES string of the molecule is Cc1c(C#N)c(=O)n(-c2cc(C(=O)O)c(Cl)cc2F)c(=O)n1C. The standard InChI is InChI=1S/C14H9ClFN3O4/c1-6-8(5-17)12(20)19(14(23)18(6)2)11-3-7(13(21)22)9(15)4-10(11)16/h3-4H,1-2H3,(H,21,22). The van der Waals surface area contributed by atoms with E-state index in [2.05, 4.69) is 0 Å². The Morgan fingerprint density at radius 2 is 2.00 bits per heavy atom. The molecule has 0 aliphatic carbocycles. The maximum absolute atomic E-state index is 14.1. The third-order valence-electron chi connectivity index (χ3n) is 3.38. The van der Waals surface area contributed by atoms with Crippen molar-refractivity contribution >= 4 is 17.6 Å². The molecule has 0 bridgehead atoms. The molecular formula is C14H9ClFN3O4. The number of benzene rings is 1. The minimum absolute atomic E-state index is 0.117. The first-order chi connectivity index (χ1) is 10.7. The molecule has 7 nitrogen and oxygen atoms in total. The number of carboxylic acid groups (broad SMARTS) is 1. The van der Waals surface area contributed by atoms with Crippen LogP contribution in [0.3, 0.4) is 0 Å². The molecule has 0 unspecified atom stereocenters. The van der Waals surface area contributed by atoms with Gasteiger partial charge in [0.2, 0.25) is 0 Å². The van der Waals surface area contributed by atoms with E-state index in [9.17, 15) is 18.8 Å². The molecule has 118 valence electrons. The summed E-state index contributed by atoms with van der Waals surface area (Å²) in [7, 11) is 1.31. The molecule has 0 saturated heterocycles. The van der Waals surface area contributed by atoms with E-state index in [1.54, 1.807) is 6.07 Å². The van der Waals surface area contributed by atoms with Gasteiger partial charge in [-0.2, -0.15) is 5.26 Å².